The number of hydrogen-bond acceptors (Lipinski definition) is 2. The molecule has 0 bridgehead atoms. The van der Waals surface area contributed by atoms with E-state index in [1.54, 1.807) is 18.2 Å². The van der Waals surface area contributed by atoms with Crippen LogP contribution in [-0.2, 0) is 4.79 Å². The summed E-state index contributed by atoms with van der Waals surface area (Å²) in [6.07, 6.45) is 4.22. The van der Waals surface area contributed by atoms with Crippen LogP contribution in [0.25, 0.3) is 0 Å². The molecule has 4 nitrogen and oxygen atoms in total. The highest BCUT2D eigenvalue weighted by atomic mass is 16.2. The van der Waals surface area contributed by atoms with Crippen molar-refractivity contribution in [2.75, 3.05) is 11.9 Å². The van der Waals surface area contributed by atoms with E-state index in [-0.39, 0.29) is 17.7 Å². The first-order valence-corrected chi connectivity index (χ1v) is 6.90. The third-order valence-electron chi connectivity index (χ3n) is 3.46. The van der Waals surface area contributed by atoms with Gasteiger partial charge in [-0.3, -0.25) is 9.59 Å². The Morgan fingerprint density at radius 2 is 2.00 bits per heavy atom. The van der Waals surface area contributed by atoms with Gasteiger partial charge >= 0.3 is 0 Å². The van der Waals surface area contributed by atoms with Gasteiger partial charge in [-0.1, -0.05) is 18.9 Å². The van der Waals surface area contributed by atoms with Crippen molar-refractivity contribution in [2.24, 2.45) is 5.92 Å². The second-order valence-electron chi connectivity index (χ2n) is 4.91. The minimum Gasteiger partial charge on any atom is -0.352 e. The minimum atomic E-state index is -0.112. The number of anilines is 1. The van der Waals surface area contributed by atoms with Gasteiger partial charge in [-0.25, -0.2) is 0 Å². The zero-order chi connectivity index (χ0) is 13.7. The Kier molecular flexibility index (Phi) is 4.55. The van der Waals surface area contributed by atoms with E-state index >= 15 is 0 Å². The highest BCUT2D eigenvalue weighted by molar-refractivity contribution is 5.97. The number of hydrogen-bond donors (Lipinski definition) is 2. The van der Waals surface area contributed by atoms with Crippen LogP contribution >= 0.6 is 0 Å². The van der Waals surface area contributed by atoms with Gasteiger partial charge in [0.25, 0.3) is 5.91 Å². The van der Waals surface area contributed by atoms with Crippen LogP contribution in [0.15, 0.2) is 24.3 Å². The van der Waals surface area contributed by atoms with Gasteiger partial charge < -0.3 is 10.6 Å². The van der Waals surface area contributed by atoms with Gasteiger partial charge in [0, 0.05) is 23.7 Å². The Labute approximate surface area is 113 Å². The summed E-state index contributed by atoms with van der Waals surface area (Å²) < 4.78 is 0. The Morgan fingerprint density at radius 3 is 2.68 bits per heavy atom. The predicted octanol–water partition coefficient (Wildman–Crippen LogP) is 2.57. The topological polar surface area (TPSA) is 58.2 Å². The van der Waals surface area contributed by atoms with Crippen LogP contribution in [-0.4, -0.2) is 18.4 Å². The quantitative estimate of drug-likeness (QED) is 0.874. The van der Waals surface area contributed by atoms with Gasteiger partial charge in [-0.15, -0.1) is 0 Å². The molecule has 1 aromatic carbocycles. The van der Waals surface area contributed by atoms with Gasteiger partial charge in [0.15, 0.2) is 0 Å². The third kappa shape index (κ3) is 3.56. The summed E-state index contributed by atoms with van der Waals surface area (Å²) >= 11 is 0. The van der Waals surface area contributed by atoms with Gasteiger partial charge in [-0.2, -0.15) is 0 Å². The van der Waals surface area contributed by atoms with Crippen molar-refractivity contribution in [1.29, 1.82) is 0 Å². The van der Waals surface area contributed by atoms with Crippen LogP contribution in [0, 0.1) is 5.92 Å². The minimum absolute atomic E-state index is 0.0746. The second-order valence-corrected chi connectivity index (χ2v) is 4.91. The van der Waals surface area contributed by atoms with Crippen molar-refractivity contribution in [3.8, 4) is 0 Å². The van der Waals surface area contributed by atoms with Crippen LogP contribution < -0.4 is 10.6 Å². The first kappa shape index (κ1) is 13.6. The molecule has 19 heavy (non-hydrogen) atoms. The van der Waals surface area contributed by atoms with E-state index in [9.17, 15) is 9.59 Å². The smallest absolute Gasteiger partial charge is 0.251 e. The molecule has 0 aliphatic heterocycles. The fourth-order valence-corrected chi connectivity index (χ4v) is 2.43. The highest BCUT2D eigenvalue weighted by Crippen LogP contribution is 2.26. The highest BCUT2D eigenvalue weighted by Gasteiger charge is 2.22. The van der Waals surface area contributed by atoms with E-state index in [4.69, 9.17) is 0 Å². The van der Waals surface area contributed by atoms with Gasteiger partial charge in [0.05, 0.1) is 0 Å². The van der Waals surface area contributed by atoms with E-state index in [0.717, 1.165) is 25.7 Å². The van der Waals surface area contributed by atoms with E-state index in [1.807, 2.05) is 13.0 Å². The molecule has 2 rings (SSSR count). The second kappa shape index (κ2) is 6.36. The fourth-order valence-electron chi connectivity index (χ4n) is 2.43. The van der Waals surface area contributed by atoms with Crippen LogP contribution in [0.3, 0.4) is 0 Å². The first-order valence-electron chi connectivity index (χ1n) is 6.90. The standard InChI is InChI=1S/C15H20N2O2/c1-2-16-14(18)12-8-5-9-13(10-12)17-15(19)11-6-3-4-7-11/h5,8-11H,2-4,6-7H2,1H3,(H,16,18)(H,17,19). The molecule has 0 radical (unpaired) electrons. The normalized spacial score (nSPS) is 15.2. The third-order valence-corrected chi connectivity index (χ3v) is 3.46. The molecule has 0 atom stereocenters. The summed E-state index contributed by atoms with van der Waals surface area (Å²) in [5, 5.41) is 5.65. The average molecular weight is 260 g/mol. The molecule has 4 heteroatoms. The van der Waals surface area contributed by atoms with Crippen LogP contribution in [0.5, 0.6) is 0 Å². The molecule has 1 aromatic rings. The number of carbonyl (C=O) groups excluding carboxylic acids is 2. The van der Waals surface area contributed by atoms with Gasteiger partial charge in [0.1, 0.15) is 0 Å². The molecule has 1 saturated carbocycles. The maximum atomic E-state index is 12.0. The lowest BCUT2D eigenvalue weighted by Gasteiger charge is -2.11. The van der Waals surface area contributed by atoms with Crippen LogP contribution in [0.4, 0.5) is 5.69 Å². The maximum absolute atomic E-state index is 12.0. The molecule has 1 aliphatic rings. The summed E-state index contributed by atoms with van der Waals surface area (Å²) in [7, 11) is 0. The molecule has 0 saturated heterocycles. The fraction of sp³-hybridized carbons (Fsp3) is 0.467. The predicted molar refractivity (Wildman–Crippen MR) is 75.0 cm³/mol. The summed E-state index contributed by atoms with van der Waals surface area (Å²) in [6.45, 7) is 2.47. The Bertz CT molecular complexity index is 465. The lowest BCUT2D eigenvalue weighted by atomic mass is 10.1. The van der Waals surface area contributed by atoms with Gasteiger partial charge in [0.2, 0.25) is 5.91 Å². The molecule has 0 heterocycles. The largest absolute Gasteiger partial charge is 0.352 e. The Balaban J connectivity index is 2.02. The molecule has 102 valence electrons. The summed E-state index contributed by atoms with van der Waals surface area (Å²) in [6, 6.07) is 7.07. The van der Waals surface area contributed by atoms with Crippen molar-refractivity contribution in [3.63, 3.8) is 0 Å². The van der Waals surface area contributed by atoms with E-state index in [1.165, 1.54) is 0 Å². The van der Waals surface area contributed by atoms with Crippen LogP contribution in [0.1, 0.15) is 43.0 Å². The molecular formula is C15H20N2O2. The van der Waals surface area contributed by atoms with Crippen molar-refractivity contribution in [2.45, 2.75) is 32.6 Å². The Morgan fingerprint density at radius 1 is 1.26 bits per heavy atom. The van der Waals surface area contributed by atoms with E-state index in [2.05, 4.69) is 10.6 Å². The van der Waals surface area contributed by atoms with Crippen molar-refractivity contribution in [1.82, 2.24) is 5.32 Å². The van der Waals surface area contributed by atoms with Gasteiger partial charge in [-0.05, 0) is 38.0 Å². The molecule has 0 unspecified atom stereocenters. The molecule has 1 aliphatic carbocycles. The zero-order valence-electron chi connectivity index (χ0n) is 11.2. The monoisotopic (exact) mass is 260 g/mol. The zero-order valence-corrected chi connectivity index (χ0v) is 11.2. The van der Waals surface area contributed by atoms with Crippen molar-refractivity contribution in [3.05, 3.63) is 29.8 Å². The summed E-state index contributed by atoms with van der Waals surface area (Å²) in [4.78, 5) is 23.7. The van der Waals surface area contributed by atoms with E-state index < -0.39 is 0 Å². The molecule has 1 fully saturated rings. The lowest BCUT2D eigenvalue weighted by molar-refractivity contribution is -0.119. The molecule has 2 amide bonds. The molecular weight excluding hydrogens is 240 g/mol. The number of carbonyl (C=O) groups is 2. The van der Waals surface area contributed by atoms with Crippen LogP contribution in [0.2, 0.25) is 0 Å². The molecule has 2 N–H and O–H groups in total. The number of rotatable bonds is 4. The first-order chi connectivity index (χ1) is 9.20. The number of benzene rings is 1. The maximum Gasteiger partial charge on any atom is 0.251 e. The van der Waals surface area contributed by atoms with Crippen molar-refractivity contribution >= 4 is 17.5 Å². The SMILES string of the molecule is CCNC(=O)c1cccc(NC(=O)C2CCCC2)c1. The summed E-state index contributed by atoms with van der Waals surface area (Å²) in [5.74, 6) is 0.0955. The summed E-state index contributed by atoms with van der Waals surface area (Å²) in [5.41, 5.74) is 1.27. The number of amides is 2. The van der Waals surface area contributed by atoms with E-state index in [0.29, 0.717) is 17.8 Å². The molecule has 0 aromatic heterocycles. The molecule has 0 spiro atoms. The number of nitrogens with one attached hydrogen (secondary N) is 2. The Hall–Kier alpha value is -1.84. The van der Waals surface area contributed by atoms with Crippen molar-refractivity contribution < 1.29 is 9.59 Å². The average Bonchev–Trinajstić information content (AvgIpc) is 2.93. The lowest BCUT2D eigenvalue weighted by Crippen LogP contribution is -2.23.